The van der Waals surface area contributed by atoms with Crippen LogP contribution in [0.4, 0.5) is 0 Å². The number of nitriles is 1. The summed E-state index contributed by atoms with van der Waals surface area (Å²) in [5.74, 6) is 0. The smallest absolute Gasteiger partial charge is 0.100 e. The summed E-state index contributed by atoms with van der Waals surface area (Å²) in [6.45, 7) is 12.8. The predicted octanol–water partition coefficient (Wildman–Crippen LogP) is 6.74. The summed E-state index contributed by atoms with van der Waals surface area (Å²) < 4.78 is 0. The zero-order chi connectivity index (χ0) is 19.0. The van der Waals surface area contributed by atoms with Gasteiger partial charge in [-0.1, -0.05) is 53.6 Å². The Hall–Kier alpha value is -2.85. The maximum Gasteiger partial charge on any atom is 0.100 e. The first kappa shape index (κ1) is 18.0. The normalized spacial score (nSPS) is 10.7. The molecule has 0 aliphatic carbocycles. The average Bonchev–Trinajstić information content (AvgIpc) is 2.53. The third kappa shape index (κ3) is 3.04. The molecule has 0 spiro atoms. The van der Waals surface area contributed by atoms with Gasteiger partial charge >= 0.3 is 0 Å². The van der Waals surface area contributed by atoms with Gasteiger partial charge in [0.2, 0.25) is 0 Å². The molecule has 3 rings (SSSR count). The van der Waals surface area contributed by atoms with Crippen molar-refractivity contribution in [1.29, 1.82) is 5.26 Å². The lowest BCUT2D eigenvalue weighted by Gasteiger charge is -2.18. The standard InChI is InChI=1S/C25H25N/c1-15-10-17(3)24(18(4)11-15)21-8-7-9-22(23(21)14-26)25-19(5)12-16(2)13-20(25)6/h7-13H,1-6H3. The second-order valence-electron chi connectivity index (χ2n) is 7.39. The lowest BCUT2D eigenvalue weighted by molar-refractivity contribution is 1.30. The number of hydrogen-bond donors (Lipinski definition) is 0. The number of benzene rings is 3. The Morgan fingerprint density at radius 1 is 0.615 bits per heavy atom. The second kappa shape index (κ2) is 6.81. The van der Waals surface area contributed by atoms with E-state index < -0.39 is 0 Å². The van der Waals surface area contributed by atoms with Crippen LogP contribution in [0.1, 0.15) is 38.9 Å². The average molecular weight is 339 g/mol. The molecule has 0 saturated carbocycles. The molecule has 1 nitrogen and oxygen atoms in total. The molecule has 3 aromatic rings. The van der Waals surface area contributed by atoms with Crippen LogP contribution in [0.5, 0.6) is 0 Å². The summed E-state index contributed by atoms with van der Waals surface area (Å²) in [7, 11) is 0. The minimum Gasteiger partial charge on any atom is -0.192 e. The van der Waals surface area contributed by atoms with E-state index in [0.29, 0.717) is 0 Å². The van der Waals surface area contributed by atoms with Gasteiger partial charge in [-0.15, -0.1) is 0 Å². The van der Waals surface area contributed by atoms with E-state index >= 15 is 0 Å². The highest BCUT2D eigenvalue weighted by atomic mass is 14.3. The van der Waals surface area contributed by atoms with Crippen LogP contribution in [0.25, 0.3) is 22.3 Å². The molecule has 0 radical (unpaired) electrons. The molecule has 1 heteroatoms. The Bertz CT molecular complexity index is 926. The monoisotopic (exact) mass is 339 g/mol. The SMILES string of the molecule is Cc1cc(C)c(-c2cccc(-c3c(C)cc(C)cc3C)c2C#N)c(C)c1. The van der Waals surface area contributed by atoms with Crippen molar-refractivity contribution in [2.24, 2.45) is 0 Å². The van der Waals surface area contributed by atoms with Crippen LogP contribution in [-0.4, -0.2) is 0 Å². The van der Waals surface area contributed by atoms with E-state index in [1.807, 2.05) is 0 Å². The Morgan fingerprint density at radius 3 is 1.27 bits per heavy atom. The molecule has 130 valence electrons. The maximum atomic E-state index is 10.0. The van der Waals surface area contributed by atoms with Crippen molar-refractivity contribution in [2.45, 2.75) is 41.5 Å². The lowest BCUT2D eigenvalue weighted by atomic mass is 9.85. The summed E-state index contributed by atoms with van der Waals surface area (Å²) in [5, 5.41) is 10.0. The quantitative estimate of drug-likeness (QED) is 0.507. The maximum absolute atomic E-state index is 10.0. The molecule has 0 unspecified atom stereocenters. The van der Waals surface area contributed by atoms with Crippen LogP contribution < -0.4 is 0 Å². The third-order valence-corrected chi connectivity index (χ3v) is 5.07. The van der Waals surface area contributed by atoms with Gasteiger partial charge in [0.15, 0.2) is 0 Å². The number of nitrogens with zero attached hydrogens (tertiary/aromatic N) is 1. The molecular weight excluding hydrogens is 314 g/mol. The van der Waals surface area contributed by atoms with E-state index in [2.05, 4.69) is 90.1 Å². The van der Waals surface area contributed by atoms with E-state index in [1.165, 1.54) is 44.5 Å². The first-order chi connectivity index (χ1) is 12.3. The summed E-state index contributed by atoms with van der Waals surface area (Å²) >= 11 is 0. The van der Waals surface area contributed by atoms with Gasteiger partial charge in [-0.05, 0) is 74.9 Å². The van der Waals surface area contributed by atoms with Crippen molar-refractivity contribution in [1.82, 2.24) is 0 Å². The summed E-state index contributed by atoms with van der Waals surface area (Å²) in [6.07, 6.45) is 0. The van der Waals surface area contributed by atoms with Gasteiger partial charge < -0.3 is 0 Å². The predicted molar refractivity (Wildman–Crippen MR) is 110 cm³/mol. The van der Waals surface area contributed by atoms with Crippen LogP contribution in [0.2, 0.25) is 0 Å². The summed E-state index contributed by atoms with van der Waals surface area (Å²) in [6, 6.07) is 17.5. The van der Waals surface area contributed by atoms with Gasteiger partial charge in [0, 0.05) is 11.1 Å². The number of aryl methyl sites for hydroxylation is 6. The van der Waals surface area contributed by atoms with Gasteiger partial charge in [0.05, 0.1) is 5.56 Å². The van der Waals surface area contributed by atoms with Crippen LogP contribution >= 0.6 is 0 Å². The van der Waals surface area contributed by atoms with Crippen LogP contribution in [-0.2, 0) is 0 Å². The van der Waals surface area contributed by atoms with Crippen molar-refractivity contribution in [3.8, 4) is 28.3 Å². The topological polar surface area (TPSA) is 23.8 Å². The van der Waals surface area contributed by atoms with E-state index in [-0.39, 0.29) is 0 Å². The molecule has 0 N–H and O–H groups in total. The highest BCUT2D eigenvalue weighted by molar-refractivity contribution is 5.86. The van der Waals surface area contributed by atoms with Crippen LogP contribution in [0.3, 0.4) is 0 Å². The van der Waals surface area contributed by atoms with E-state index in [4.69, 9.17) is 0 Å². The molecule has 0 atom stereocenters. The highest BCUT2D eigenvalue weighted by Crippen LogP contribution is 2.38. The van der Waals surface area contributed by atoms with Crippen LogP contribution in [0, 0.1) is 52.9 Å². The van der Waals surface area contributed by atoms with Crippen molar-refractivity contribution >= 4 is 0 Å². The number of hydrogen-bond acceptors (Lipinski definition) is 1. The van der Waals surface area contributed by atoms with Gasteiger partial charge in [0.1, 0.15) is 6.07 Å². The molecule has 0 aromatic heterocycles. The van der Waals surface area contributed by atoms with Gasteiger partial charge in [-0.25, -0.2) is 0 Å². The first-order valence-electron chi connectivity index (χ1n) is 9.03. The molecule has 3 aromatic carbocycles. The zero-order valence-corrected chi connectivity index (χ0v) is 16.5. The van der Waals surface area contributed by atoms with Gasteiger partial charge in [-0.2, -0.15) is 5.26 Å². The lowest BCUT2D eigenvalue weighted by Crippen LogP contribution is -1.97. The Kier molecular flexibility index (Phi) is 4.70. The van der Waals surface area contributed by atoms with Gasteiger partial charge in [0.25, 0.3) is 0 Å². The second-order valence-corrected chi connectivity index (χ2v) is 7.39. The molecule has 0 fully saturated rings. The Morgan fingerprint density at radius 2 is 0.962 bits per heavy atom. The van der Waals surface area contributed by atoms with Crippen molar-refractivity contribution in [3.63, 3.8) is 0 Å². The molecule has 26 heavy (non-hydrogen) atoms. The first-order valence-corrected chi connectivity index (χ1v) is 9.03. The van der Waals surface area contributed by atoms with Crippen LogP contribution in [0.15, 0.2) is 42.5 Å². The fourth-order valence-corrected chi connectivity index (χ4v) is 4.30. The molecular formula is C25H25N. The fourth-order valence-electron chi connectivity index (χ4n) is 4.30. The van der Waals surface area contributed by atoms with E-state index in [1.54, 1.807) is 0 Å². The zero-order valence-electron chi connectivity index (χ0n) is 16.5. The molecule has 0 amide bonds. The number of rotatable bonds is 2. The summed E-state index contributed by atoms with van der Waals surface area (Å²) in [4.78, 5) is 0. The van der Waals surface area contributed by atoms with Crippen molar-refractivity contribution in [2.75, 3.05) is 0 Å². The van der Waals surface area contributed by atoms with E-state index in [9.17, 15) is 5.26 Å². The third-order valence-electron chi connectivity index (χ3n) is 5.07. The minimum absolute atomic E-state index is 0.762. The van der Waals surface area contributed by atoms with Crippen molar-refractivity contribution in [3.05, 3.63) is 81.4 Å². The van der Waals surface area contributed by atoms with Crippen molar-refractivity contribution < 1.29 is 0 Å². The molecule has 0 saturated heterocycles. The molecule has 0 aliphatic heterocycles. The minimum atomic E-state index is 0.762. The highest BCUT2D eigenvalue weighted by Gasteiger charge is 2.17. The Labute approximate surface area is 156 Å². The molecule has 0 aliphatic rings. The Balaban J connectivity index is 2.35. The summed E-state index contributed by atoms with van der Waals surface area (Å²) in [5.41, 5.74) is 12.5. The molecule has 0 bridgehead atoms. The van der Waals surface area contributed by atoms with E-state index in [0.717, 1.165) is 16.7 Å². The fraction of sp³-hybridized carbons (Fsp3) is 0.240. The largest absolute Gasteiger partial charge is 0.192 e. The van der Waals surface area contributed by atoms with Gasteiger partial charge in [-0.3, -0.25) is 0 Å². The molecule has 0 heterocycles.